The maximum atomic E-state index is 13.6. The zero-order chi connectivity index (χ0) is 13.7. The first-order chi connectivity index (χ1) is 8.49. The summed E-state index contributed by atoms with van der Waals surface area (Å²) in [7, 11) is 2.39. The van der Waals surface area contributed by atoms with Crippen molar-refractivity contribution in [2.24, 2.45) is 5.73 Å². The fourth-order valence-corrected chi connectivity index (χ4v) is 1.45. The lowest BCUT2D eigenvalue weighted by Crippen LogP contribution is -2.33. The molecule has 0 amide bonds. The molecule has 0 heterocycles. The normalized spacial score (nSPS) is 11.2. The third kappa shape index (κ3) is 4.50. The number of ether oxygens (including phenoxy) is 2. The Balaban J connectivity index is 0.00000324. The van der Waals surface area contributed by atoms with Gasteiger partial charge >= 0.3 is 11.9 Å². The molecule has 0 aliphatic carbocycles. The highest BCUT2D eigenvalue weighted by Crippen LogP contribution is 2.13. The predicted octanol–water partition coefficient (Wildman–Crippen LogP) is 1.08. The van der Waals surface area contributed by atoms with E-state index in [-0.39, 0.29) is 24.4 Å². The van der Waals surface area contributed by atoms with Crippen LogP contribution in [0.15, 0.2) is 18.2 Å². The maximum Gasteiger partial charge on any atom is 0.340 e. The van der Waals surface area contributed by atoms with Gasteiger partial charge in [-0.25, -0.2) is 9.18 Å². The minimum atomic E-state index is -0.863. The lowest BCUT2D eigenvalue weighted by molar-refractivity contribution is -0.142. The summed E-state index contributed by atoms with van der Waals surface area (Å²) in [5.41, 5.74) is 5.88. The Morgan fingerprint density at radius 2 is 1.95 bits per heavy atom. The highest BCUT2D eigenvalue weighted by Gasteiger charge is 2.17. The van der Waals surface area contributed by atoms with Crippen molar-refractivity contribution in [1.82, 2.24) is 0 Å². The molecule has 0 radical (unpaired) electrons. The van der Waals surface area contributed by atoms with E-state index in [9.17, 15) is 14.0 Å². The minimum Gasteiger partial charge on any atom is -0.468 e. The average molecular weight is 292 g/mol. The number of carbonyl (C=O) groups excluding carboxylic acids is 2. The van der Waals surface area contributed by atoms with Crippen molar-refractivity contribution >= 4 is 24.3 Å². The van der Waals surface area contributed by atoms with Gasteiger partial charge in [0.15, 0.2) is 0 Å². The number of hydrogen-bond donors (Lipinski definition) is 1. The summed E-state index contributed by atoms with van der Waals surface area (Å²) in [4.78, 5) is 22.3. The number of rotatable bonds is 4. The molecular formula is C12H15ClFNO4. The van der Waals surface area contributed by atoms with E-state index in [2.05, 4.69) is 9.47 Å². The molecule has 0 aliphatic rings. The van der Waals surface area contributed by atoms with E-state index in [4.69, 9.17) is 5.73 Å². The van der Waals surface area contributed by atoms with Gasteiger partial charge in [0.05, 0.1) is 19.8 Å². The maximum absolute atomic E-state index is 13.6. The zero-order valence-corrected chi connectivity index (χ0v) is 11.3. The Morgan fingerprint density at radius 3 is 2.42 bits per heavy atom. The second-order valence-corrected chi connectivity index (χ2v) is 3.64. The van der Waals surface area contributed by atoms with Crippen molar-refractivity contribution in [3.05, 3.63) is 35.1 Å². The fraction of sp³-hybridized carbons (Fsp3) is 0.333. The van der Waals surface area contributed by atoms with Crippen LogP contribution < -0.4 is 5.73 Å². The van der Waals surface area contributed by atoms with Crippen LogP contribution in [-0.2, 0) is 20.7 Å². The Kier molecular flexibility index (Phi) is 7.03. The average Bonchev–Trinajstić information content (AvgIpc) is 2.37. The molecule has 5 nitrogen and oxygen atoms in total. The van der Waals surface area contributed by atoms with E-state index in [1.54, 1.807) is 0 Å². The summed E-state index contributed by atoms with van der Waals surface area (Å²) in [5, 5.41) is 0. The molecule has 0 fully saturated rings. The van der Waals surface area contributed by atoms with Crippen LogP contribution in [0.4, 0.5) is 4.39 Å². The lowest BCUT2D eigenvalue weighted by atomic mass is 10.0. The molecule has 7 heteroatoms. The van der Waals surface area contributed by atoms with E-state index in [0.29, 0.717) is 5.56 Å². The molecule has 2 N–H and O–H groups in total. The predicted molar refractivity (Wildman–Crippen MR) is 68.7 cm³/mol. The molecule has 1 aromatic carbocycles. The number of hydrogen-bond acceptors (Lipinski definition) is 5. The van der Waals surface area contributed by atoms with Crippen molar-refractivity contribution in [3.63, 3.8) is 0 Å². The first-order valence-electron chi connectivity index (χ1n) is 5.19. The van der Waals surface area contributed by atoms with Gasteiger partial charge in [-0.05, 0) is 24.1 Å². The van der Waals surface area contributed by atoms with Gasteiger partial charge in [0, 0.05) is 0 Å². The fourth-order valence-electron chi connectivity index (χ4n) is 1.45. The smallest absolute Gasteiger partial charge is 0.340 e. The number of methoxy groups -OCH3 is 2. The Labute approximate surface area is 116 Å². The molecule has 0 spiro atoms. The van der Waals surface area contributed by atoms with Crippen LogP contribution in [0.2, 0.25) is 0 Å². The van der Waals surface area contributed by atoms with Gasteiger partial charge in [-0.15, -0.1) is 12.4 Å². The second kappa shape index (κ2) is 7.70. The van der Waals surface area contributed by atoms with Gasteiger partial charge in [-0.2, -0.15) is 0 Å². The third-order valence-electron chi connectivity index (χ3n) is 2.40. The number of halogens is 2. The summed E-state index contributed by atoms with van der Waals surface area (Å²) < 4.78 is 22.4. The van der Waals surface area contributed by atoms with Crippen LogP contribution in [0, 0.1) is 5.82 Å². The molecule has 0 aliphatic heterocycles. The van der Waals surface area contributed by atoms with Crippen LogP contribution in [0.25, 0.3) is 0 Å². The Hall–Kier alpha value is -1.66. The Bertz CT molecular complexity index is 467. The van der Waals surface area contributed by atoms with Crippen LogP contribution in [0.1, 0.15) is 15.9 Å². The Morgan fingerprint density at radius 1 is 1.32 bits per heavy atom. The molecule has 0 unspecified atom stereocenters. The number of benzene rings is 1. The van der Waals surface area contributed by atoms with Crippen molar-refractivity contribution in [3.8, 4) is 0 Å². The van der Waals surface area contributed by atoms with Gasteiger partial charge < -0.3 is 15.2 Å². The van der Waals surface area contributed by atoms with Crippen LogP contribution in [-0.4, -0.2) is 32.2 Å². The number of nitrogens with two attached hydrogens (primary N) is 1. The van der Waals surface area contributed by atoms with Crippen LogP contribution >= 0.6 is 12.4 Å². The van der Waals surface area contributed by atoms with Gasteiger partial charge in [0.1, 0.15) is 11.9 Å². The van der Waals surface area contributed by atoms with E-state index in [1.165, 1.54) is 26.4 Å². The van der Waals surface area contributed by atoms with E-state index >= 15 is 0 Å². The van der Waals surface area contributed by atoms with Crippen molar-refractivity contribution in [1.29, 1.82) is 0 Å². The summed E-state index contributed by atoms with van der Waals surface area (Å²) in [6.45, 7) is 0. The lowest BCUT2D eigenvalue weighted by Gasteiger charge is -2.10. The molecule has 1 aromatic rings. The minimum absolute atomic E-state index is 0. The molecule has 0 bridgehead atoms. The quantitative estimate of drug-likeness (QED) is 0.840. The molecule has 0 saturated heterocycles. The van der Waals surface area contributed by atoms with Crippen molar-refractivity contribution in [2.45, 2.75) is 12.5 Å². The molecule has 19 heavy (non-hydrogen) atoms. The van der Waals surface area contributed by atoms with Gasteiger partial charge in [0.25, 0.3) is 0 Å². The van der Waals surface area contributed by atoms with Gasteiger partial charge in [-0.3, -0.25) is 4.79 Å². The monoisotopic (exact) mass is 291 g/mol. The van der Waals surface area contributed by atoms with E-state index in [0.717, 1.165) is 6.07 Å². The molecule has 106 valence electrons. The van der Waals surface area contributed by atoms with Crippen LogP contribution in [0.5, 0.6) is 0 Å². The molecular weight excluding hydrogens is 277 g/mol. The van der Waals surface area contributed by atoms with E-state index < -0.39 is 23.8 Å². The van der Waals surface area contributed by atoms with Crippen molar-refractivity contribution < 1.29 is 23.5 Å². The SMILES string of the molecule is COC(=O)c1ccc(C[C@H](N)C(=O)OC)cc1F.Cl. The first kappa shape index (κ1) is 17.3. The number of esters is 2. The van der Waals surface area contributed by atoms with Crippen LogP contribution in [0.3, 0.4) is 0 Å². The topological polar surface area (TPSA) is 78.6 Å². The van der Waals surface area contributed by atoms with Crippen molar-refractivity contribution in [2.75, 3.05) is 14.2 Å². The summed E-state index contributed by atoms with van der Waals surface area (Å²) in [6.07, 6.45) is 0.130. The van der Waals surface area contributed by atoms with Gasteiger partial charge in [-0.1, -0.05) is 6.07 Å². The summed E-state index contributed by atoms with van der Waals surface area (Å²) in [5.74, 6) is -2.04. The second-order valence-electron chi connectivity index (χ2n) is 3.64. The summed E-state index contributed by atoms with van der Waals surface area (Å²) >= 11 is 0. The molecule has 0 aromatic heterocycles. The van der Waals surface area contributed by atoms with E-state index in [1.807, 2.05) is 0 Å². The molecule has 1 atom stereocenters. The molecule has 1 rings (SSSR count). The highest BCUT2D eigenvalue weighted by molar-refractivity contribution is 5.89. The third-order valence-corrected chi connectivity index (χ3v) is 2.40. The van der Waals surface area contributed by atoms with Gasteiger partial charge in [0.2, 0.25) is 0 Å². The largest absolute Gasteiger partial charge is 0.468 e. The molecule has 0 saturated carbocycles. The first-order valence-corrected chi connectivity index (χ1v) is 5.19. The summed E-state index contributed by atoms with van der Waals surface area (Å²) in [6, 6.07) is 3.09. The highest BCUT2D eigenvalue weighted by atomic mass is 35.5. The number of carbonyl (C=O) groups is 2. The standard InChI is InChI=1S/C12H14FNO4.ClH/c1-17-11(15)8-4-3-7(5-9(8)13)6-10(14)12(16)18-2;/h3-5,10H,6,14H2,1-2H3;1H/t10-;/m0./s1. The zero-order valence-electron chi connectivity index (χ0n) is 10.5.